The number of aliphatic hydroxyl groups excluding tert-OH is 2. The third-order valence-corrected chi connectivity index (χ3v) is 2.02. The highest BCUT2D eigenvalue weighted by Crippen LogP contribution is 2.17. The fourth-order valence-electron chi connectivity index (χ4n) is 1.06. The molecule has 0 heterocycles. The lowest BCUT2D eigenvalue weighted by Gasteiger charge is -2.20. The van der Waals surface area contributed by atoms with E-state index in [4.69, 9.17) is 20.4 Å². The van der Waals surface area contributed by atoms with E-state index >= 15 is 0 Å². The zero-order chi connectivity index (χ0) is 14.6. The number of carboxylic acid groups (broad SMARTS) is 2. The molecular formula is C12H20O6. The topological polar surface area (TPSA) is 115 Å². The lowest BCUT2D eigenvalue weighted by Crippen LogP contribution is -2.21. The first-order valence-electron chi connectivity index (χ1n) is 5.40. The van der Waals surface area contributed by atoms with Gasteiger partial charge in [0.25, 0.3) is 0 Å². The van der Waals surface area contributed by atoms with Crippen LogP contribution >= 0.6 is 0 Å². The molecule has 0 spiro atoms. The van der Waals surface area contributed by atoms with E-state index in [9.17, 15) is 9.59 Å². The Morgan fingerprint density at radius 1 is 0.833 bits per heavy atom. The molecule has 1 aliphatic rings. The number of hydrogen-bond donors (Lipinski definition) is 4. The molecule has 0 atom stereocenters. The number of rotatable bonds is 2. The monoisotopic (exact) mass is 260 g/mol. The molecule has 104 valence electrons. The minimum absolute atomic E-state index is 0.140. The molecule has 1 rings (SSSR count). The van der Waals surface area contributed by atoms with Crippen LogP contribution in [-0.4, -0.2) is 44.6 Å². The molecule has 0 saturated heterocycles. The van der Waals surface area contributed by atoms with Gasteiger partial charge in [0.1, 0.15) is 0 Å². The van der Waals surface area contributed by atoms with Crippen LogP contribution in [0.25, 0.3) is 0 Å². The van der Waals surface area contributed by atoms with Crippen LogP contribution in [0, 0.1) is 0 Å². The van der Waals surface area contributed by atoms with Crippen LogP contribution in [0.2, 0.25) is 0 Å². The summed E-state index contributed by atoms with van der Waals surface area (Å²) in [5.74, 6) is -1.96. The van der Waals surface area contributed by atoms with Gasteiger partial charge in [0, 0.05) is 12.2 Å². The standard InChI is InChI=1S/C6H12O2.2C3H4O2/c7-5-1-2-6(8)4-3-5;2*1-2-3(4)5/h5-8H,1-4H2;2*2H,1H2,(H,4,5). The van der Waals surface area contributed by atoms with E-state index in [1.807, 2.05) is 0 Å². The molecule has 1 saturated carbocycles. The fourth-order valence-corrected chi connectivity index (χ4v) is 1.06. The second-order valence-corrected chi connectivity index (χ2v) is 3.55. The second kappa shape index (κ2) is 11.8. The van der Waals surface area contributed by atoms with Crippen LogP contribution in [0.15, 0.2) is 25.3 Å². The summed E-state index contributed by atoms with van der Waals surface area (Å²) in [6, 6.07) is 0. The third-order valence-electron chi connectivity index (χ3n) is 2.02. The van der Waals surface area contributed by atoms with E-state index in [1.54, 1.807) is 0 Å². The van der Waals surface area contributed by atoms with Gasteiger partial charge >= 0.3 is 11.9 Å². The summed E-state index contributed by atoms with van der Waals surface area (Å²) in [6.07, 6.45) is 4.50. The van der Waals surface area contributed by atoms with Crippen molar-refractivity contribution < 1.29 is 30.0 Å². The van der Waals surface area contributed by atoms with Gasteiger partial charge in [-0.3, -0.25) is 0 Å². The molecule has 1 fully saturated rings. The molecule has 0 aromatic rings. The zero-order valence-corrected chi connectivity index (χ0v) is 10.2. The highest BCUT2D eigenvalue weighted by atomic mass is 16.4. The third kappa shape index (κ3) is 16.8. The molecule has 0 aromatic carbocycles. The molecule has 0 amide bonds. The molecule has 0 bridgehead atoms. The largest absolute Gasteiger partial charge is 0.478 e. The zero-order valence-electron chi connectivity index (χ0n) is 10.2. The van der Waals surface area contributed by atoms with Crippen LogP contribution in [0.5, 0.6) is 0 Å². The molecule has 6 nitrogen and oxygen atoms in total. The first kappa shape index (κ1) is 18.7. The van der Waals surface area contributed by atoms with Crippen LogP contribution in [0.4, 0.5) is 0 Å². The van der Waals surface area contributed by atoms with Crippen molar-refractivity contribution in [3.8, 4) is 0 Å². The lowest BCUT2D eigenvalue weighted by molar-refractivity contribution is -0.132. The van der Waals surface area contributed by atoms with Gasteiger partial charge in [-0.05, 0) is 25.7 Å². The quantitative estimate of drug-likeness (QED) is 0.546. The molecule has 0 radical (unpaired) electrons. The number of hydrogen-bond acceptors (Lipinski definition) is 4. The van der Waals surface area contributed by atoms with Gasteiger partial charge < -0.3 is 20.4 Å². The SMILES string of the molecule is C=CC(=O)O.C=CC(=O)O.OC1CCC(O)CC1. The first-order valence-corrected chi connectivity index (χ1v) is 5.40. The highest BCUT2D eigenvalue weighted by Gasteiger charge is 2.15. The van der Waals surface area contributed by atoms with Crippen molar-refractivity contribution in [3.05, 3.63) is 25.3 Å². The number of aliphatic carboxylic acids is 2. The predicted octanol–water partition coefficient (Wildman–Crippen LogP) is 0.796. The van der Waals surface area contributed by atoms with Gasteiger partial charge in [0.15, 0.2) is 0 Å². The van der Waals surface area contributed by atoms with Gasteiger partial charge in [-0.15, -0.1) is 0 Å². The Morgan fingerprint density at radius 2 is 1.00 bits per heavy atom. The Labute approximate surface area is 106 Å². The molecule has 0 unspecified atom stereocenters. The Hall–Kier alpha value is -1.66. The Bertz CT molecular complexity index is 238. The average Bonchev–Trinajstić information content (AvgIpc) is 2.34. The van der Waals surface area contributed by atoms with Crippen molar-refractivity contribution in [2.75, 3.05) is 0 Å². The smallest absolute Gasteiger partial charge is 0.327 e. The van der Waals surface area contributed by atoms with Gasteiger partial charge in [-0.1, -0.05) is 13.2 Å². The van der Waals surface area contributed by atoms with E-state index < -0.39 is 11.9 Å². The van der Waals surface area contributed by atoms with Gasteiger partial charge in [0.2, 0.25) is 0 Å². The Morgan fingerprint density at radius 3 is 1.11 bits per heavy atom. The summed E-state index contributed by atoms with van der Waals surface area (Å²) in [7, 11) is 0. The predicted molar refractivity (Wildman–Crippen MR) is 66.1 cm³/mol. The summed E-state index contributed by atoms with van der Waals surface area (Å²) in [5.41, 5.74) is 0. The summed E-state index contributed by atoms with van der Waals surface area (Å²) in [5, 5.41) is 33.0. The maximum absolute atomic E-state index is 9.25. The molecule has 0 aromatic heterocycles. The van der Waals surface area contributed by atoms with Gasteiger partial charge in [-0.25, -0.2) is 9.59 Å². The maximum Gasteiger partial charge on any atom is 0.327 e. The molecule has 4 N–H and O–H groups in total. The van der Waals surface area contributed by atoms with Crippen molar-refractivity contribution >= 4 is 11.9 Å². The minimum atomic E-state index is -0.981. The Kier molecular flexibility index (Phi) is 12.3. The lowest BCUT2D eigenvalue weighted by atomic mass is 9.95. The normalized spacial score (nSPS) is 21.2. The van der Waals surface area contributed by atoms with E-state index in [2.05, 4.69) is 13.2 Å². The van der Waals surface area contributed by atoms with E-state index in [1.165, 1.54) is 0 Å². The fraction of sp³-hybridized carbons (Fsp3) is 0.500. The maximum atomic E-state index is 9.25. The summed E-state index contributed by atoms with van der Waals surface area (Å²) >= 11 is 0. The van der Waals surface area contributed by atoms with Crippen molar-refractivity contribution in [1.29, 1.82) is 0 Å². The molecule has 0 aliphatic heterocycles. The van der Waals surface area contributed by atoms with Crippen molar-refractivity contribution in [2.45, 2.75) is 37.9 Å². The summed E-state index contributed by atoms with van der Waals surface area (Å²) < 4.78 is 0. The molecule has 1 aliphatic carbocycles. The van der Waals surface area contributed by atoms with Crippen molar-refractivity contribution in [3.63, 3.8) is 0 Å². The molecular weight excluding hydrogens is 240 g/mol. The van der Waals surface area contributed by atoms with E-state index in [0.717, 1.165) is 37.8 Å². The molecule has 6 heteroatoms. The van der Waals surface area contributed by atoms with Gasteiger partial charge in [-0.2, -0.15) is 0 Å². The highest BCUT2D eigenvalue weighted by molar-refractivity contribution is 5.79. The van der Waals surface area contributed by atoms with Crippen molar-refractivity contribution in [1.82, 2.24) is 0 Å². The van der Waals surface area contributed by atoms with E-state index in [0.29, 0.717) is 0 Å². The summed E-state index contributed by atoms with van der Waals surface area (Å²) in [4.78, 5) is 18.5. The average molecular weight is 260 g/mol. The number of carboxylic acids is 2. The van der Waals surface area contributed by atoms with Gasteiger partial charge in [0.05, 0.1) is 12.2 Å². The number of aliphatic hydroxyl groups is 2. The summed E-state index contributed by atoms with van der Waals surface area (Å²) in [6.45, 7) is 5.92. The minimum Gasteiger partial charge on any atom is -0.478 e. The number of carbonyl (C=O) groups is 2. The van der Waals surface area contributed by atoms with Crippen LogP contribution in [0.1, 0.15) is 25.7 Å². The van der Waals surface area contributed by atoms with Crippen LogP contribution in [-0.2, 0) is 9.59 Å². The van der Waals surface area contributed by atoms with E-state index in [-0.39, 0.29) is 12.2 Å². The molecule has 18 heavy (non-hydrogen) atoms. The van der Waals surface area contributed by atoms with Crippen molar-refractivity contribution in [2.24, 2.45) is 0 Å². The second-order valence-electron chi connectivity index (χ2n) is 3.55. The van der Waals surface area contributed by atoms with Crippen LogP contribution < -0.4 is 0 Å². The van der Waals surface area contributed by atoms with Crippen LogP contribution in [0.3, 0.4) is 0 Å². The Balaban J connectivity index is 0. The first-order chi connectivity index (χ1) is 8.33.